The van der Waals surface area contributed by atoms with Gasteiger partial charge in [0.1, 0.15) is 12.4 Å². The molecule has 0 aliphatic rings. The van der Waals surface area contributed by atoms with Gasteiger partial charge in [0.25, 0.3) is 0 Å². The smallest absolute Gasteiger partial charge is 0.311 e. The minimum Gasteiger partial charge on any atom is -0.497 e. The molecule has 1 unspecified atom stereocenters. The van der Waals surface area contributed by atoms with Crippen molar-refractivity contribution >= 4 is 17.6 Å². The van der Waals surface area contributed by atoms with Crippen LogP contribution in [0, 0.1) is 5.41 Å². The number of anilines is 1. The lowest BCUT2D eigenvalue weighted by Crippen LogP contribution is -2.56. The Hall–Kier alpha value is -2.90. The number of hydrogen-bond acceptors (Lipinski definition) is 6. The molecule has 0 heterocycles. The fourth-order valence-electron chi connectivity index (χ4n) is 4.15. The molecular formula is C30H44N2O5. The van der Waals surface area contributed by atoms with E-state index in [1.54, 1.807) is 7.11 Å². The van der Waals surface area contributed by atoms with Crippen molar-refractivity contribution in [2.45, 2.75) is 85.6 Å². The van der Waals surface area contributed by atoms with Crippen molar-refractivity contribution in [1.82, 2.24) is 5.32 Å². The maximum Gasteiger partial charge on any atom is 0.311 e. The van der Waals surface area contributed by atoms with Crippen LogP contribution < -0.4 is 15.4 Å². The first-order valence-corrected chi connectivity index (χ1v) is 12.8. The van der Waals surface area contributed by atoms with Gasteiger partial charge in [-0.3, -0.25) is 14.9 Å². The maximum absolute atomic E-state index is 13.0. The molecule has 7 heteroatoms. The Morgan fingerprint density at radius 2 is 1.49 bits per heavy atom. The minimum atomic E-state index is -0.751. The van der Waals surface area contributed by atoms with E-state index in [0.717, 1.165) is 16.9 Å². The fraction of sp³-hybridized carbons (Fsp3) is 0.533. The summed E-state index contributed by atoms with van der Waals surface area (Å²) in [6, 6.07) is 15.0. The van der Waals surface area contributed by atoms with E-state index < -0.39 is 11.0 Å². The number of nitrogens with one attached hydrogen (secondary N) is 2. The van der Waals surface area contributed by atoms with Gasteiger partial charge in [-0.25, -0.2) is 0 Å². The van der Waals surface area contributed by atoms with Gasteiger partial charge in [0.05, 0.1) is 24.2 Å². The van der Waals surface area contributed by atoms with E-state index in [0.29, 0.717) is 18.7 Å². The van der Waals surface area contributed by atoms with Gasteiger partial charge >= 0.3 is 5.97 Å². The zero-order valence-electron chi connectivity index (χ0n) is 23.9. The van der Waals surface area contributed by atoms with Gasteiger partial charge in [0.2, 0.25) is 5.91 Å². The predicted octanol–water partition coefficient (Wildman–Crippen LogP) is 6.04. The number of ether oxygens (including phenoxy) is 3. The highest BCUT2D eigenvalue weighted by Crippen LogP contribution is 2.34. The predicted molar refractivity (Wildman–Crippen MR) is 148 cm³/mol. The molecule has 2 aromatic carbocycles. The van der Waals surface area contributed by atoms with E-state index in [4.69, 9.17) is 14.2 Å². The van der Waals surface area contributed by atoms with Crippen LogP contribution in [0.15, 0.2) is 48.5 Å². The Morgan fingerprint density at radius 3 is 2.00 bits per heavy atom. The lowest BCUT2D eigenvalue weighted by atomic mass is 9.84. The molecule has 0 aromatic heterocycles. The van der Waals surface area contributed by atoms with E-state index in [1.807, 2.05) is 104 Å². The second kappa shape index (κ2) is 12.6. The third-order valence-electron chi connectivity index (χ3n) is 5.94. The van der Waals surface area contributed by atoms with Gasteiger partial charge in [0, 0.05) is 17.8 Å². The van der Waals surface area contributed by atoms with Crippen molar-refractivity contribution in [2.75, 3.05) is 19.0 Å². The quantitative estimate of drug-likeness (QED) is 0.337. The normalized spacial score (nSPS) is 13.1. The first kappa shape index (κ1) is 30.3. The number of carbonyl (C=O) groups excluding carboxylic acids is 2. The first-order valence-electron chi connectivity index (χ1n) is 12.8. The third-order valence-corrected chi connectivity index (χ3v) is 5.94. The molecule has 0 saturated heterocycles. The summed E-state index contributed by atoms with van der Waals surface area (Å²) in [5.74, 6) is 0.357. The van der Waals surface area contributed by atoms with Crippen LogP contribution in [0.2, 0.25) is 0 Å². The number of carbonyl (C=O) groups is 2. The molecule has 1 amide bonds. The molecule has 0 aliphatic carbocycles. The van der Waals surface area contributed by atoms with Crippen molar-refractivity contribution in [3.05, 3.63) is 59.7 Å². The number of methoxy groups -OCH3 is 1. The molecule has 2 rings (SSSR count). The molecule has 37 heavy (non-hydrogen) atoms. The van der Waals surface area contributed by atoms with Gasteiger partial charge in [-0.05, 0) is 97.2 Å². The van der Waals surface area contributed by atoms with E-state index in [1.165, 1.54) is 0 Å². The Morgan fingerprint density at radius 1 is 0.892 bits per heavy atom. The van der Waals surface area contributed by atoms with E-state index in [9.17, 15) is 9.59 Å². The topological polar surface area (TPSA) is 85.9 Å². The second-order valence-electron chi connectivity index (χ2n) is 11.5. The molecule has 2 aromatic rings. The van der Waals surface area contributed by atoms with Gasteiger partial charge in [0.15, 0.2) is 0 Å². The standard InChI is InChI=1S/C30H44N2O5/c1-10-36-25(22-13-17-24(35-9)18-14-22)19-29(5,6)27(34)37-20-21-11-15-23(16-12-21)31-26(33)30(7,8)32-28(2,3)4/h11-18,25,32H,10,19-20H2,1-9H3,(H,31,33). The maximum atomic E-state index is 13.0. The molecule has 1 atom stereocenters. The number of hydrogen-bond donors (Lipinski definition) is 2. The molecule has 7 nitrogen and oxygen atoms in total. The van der Waals surface area contributed by atoms with Crippen LogP contribution in [0.25, 0.3) is 0 Å². The summed E-state index contributed by atoms with van der Waals surface area (Å²) in [4.78, 5) is 25.7. The lowest BCUT2D eigenvalue weighted by molar-refractivity contribution is -0.157. The fourth-order valence-corrected chi connectivity index (χ4v) is 4.15. The highest BCUT2D eigenvalue weighted by Gasteiger charge is 2.34. The van der Waals surface area contributed by atoms with Gasteiger partial charge < -0.3 is 19.5 Å². The third kappa shape index (κ3) is 9.48. The number of esters is 1. The molecule has 0 saturated carbocycles. The Kier molecular flexibility index (Phi) is 10.3. The minimum absolute atomic E-state index is 0.121. The molecule has 204 valence electrons. The van der Waals surface area contributed by atoms with Crippen LogP contribution in [0.3, 0.4) is 0 Å². The average Bonchev–Trinajstić information content (AvgIpc) is 2.81. The van der Waals surface area contributed by atoms with E-state index in [-0.39, 0.29) is 30.1 Å². The Bertz CT molecular complexity index is 1020. The molecule has 0 spiro atoms. The van der Waals surface area contributed by atoms with E-state index >= 15 is 0 Å². The summed E-state index contributed by atoms with van der Waals surface area (Å²) < 4.78 is 16.9. The summed E-state index contributed by atoms with van der Waals surface area (Å²) >= 11 is 0. The van der Waals surface area contributed by atoms with Gasteiger partial charge in [-0.15, -0.1) is 0 Å². The van der Waals surface area contributed by atoms with Crippen molar-refractivity contribution in [2.24, 2.45) is 5.41 Å². The van der Waals surface area contributed by atoms with E-state index in [2.05, 4.69) is 10.6 Å². The Balaban J connectivity index is 1.96. The average molecular weight is 513 g/mol. The summed E-state index contributed by atoms with van der Waals surface area (Å²) in [6.07, 6.45) is 0.244. The van der Waals surface area contributed by atoms with Crippen molar-refractivity contribution in [1.29, 1.82) is 0 Å². The van der Waals surface area contributed by atoms with Crippen LogP contribution in [-0.4, -0.2) is 36.7 Å². The summed E-state index contributed by atoms with van der Waals surface area (Å²) in [7, 11) is 1.63. The summed E-state index contributed by atoms with van der Waals surface area (Å²) in [5.41, 5.74) is 0.832. The van der Waals surface area contributed by atoms with Crippen LogP contribution in [0.5, 0.6) is 5.75 Å². The van der Waals surface area contributed by atoms with Gasteiger partial charge in [-0.2, -0.15) is 0 Å². The zero-order chi connectivity index (χ0) is 27.9. The van der Waals surface area contributed by atoms with Crippen molar-refractivity contribution in [3.63, 3.8) is 0 Å². The van der Waals surface area contributed by atoms with Gasteiger partial charge in [-0.1, -0.05) is 24.3 Å². The second-order valence-corrected chi connectivity index (χ2v) is 11.5. The largest absolute Gasteiger partial charge is 0.497 e. The molecule has 0 fully saturated rings. The summed E-state index contributed by atoms with van der Waals surface area (Å²) in [6.45, 7) is 16.1. The summed E-state index contributed by atoms with van der Waals surface area (Å²) in [5, 5.41) is 6.27. The van der Waals surface area contributed by atoms with Crippen LogP contribution in [0.1, 0.15) is 79.0 Å². The van der Waals surface area contributed by atoms with Crippen molar-refractivity contribution < 1.29 is 23.8 Å². The van der Waals surface area contributed by atoms with Crippen LogP contribution in [0.4, 0.5) is 5.69 Å². The number of benzene rings is 2. The Labute approximate surface area is 222 Å². The first-order chi connectivity index (χ1) is 17.2. The monoisotopic (exact) mass is 512 g/mol. The number of rotatable bonds is 12. The molecule has 0 bridgehead atoms. The molecule has 0 aliphatic heterocycles. The SMILES string of the molecule is CCOC(CC(C)(C)C(=O)OCc1ccc(NC(=O)C(C)(C)NC(C)(C)C)cc1)c1ccc(OC)cc1. The highest BCUT2D eigenvalue weighted by atomic mass is 16.5. The number of amides is 1. The molecule has 0 radical (unpaired) electrons. The highest BCUT2D eigenvalue weighted by molar-refractivity contribution is 5.97. The lowest BCUT2D eigenvalue weighted by Gasteiger charge is -2.33. The molecular weight excluding hydrogens is 468 g/mol. The van der Waals surface area contributed by atoms with Crippen molar-refractivity contribution in [3.8, 4) is 5.75 Å². The molecule has 2 N–H and O–H groups in total. The van der Waals surface area contributed by atoms with Crippen LogP contribution in [-0.2, 0) is 25.7 Å². The van der Waals surface area contributed by atoms with Crippen LogP contribution >= 0.6 is 0 Å². The zero-order valence-corrected chi connectivity index (χ0v) is 23.9.